The summed E-state index contributed by atoms with van der Waals surface area (Å²) in [4.78, 5) is 24.5. The highest BCUT2D eigenvalue weighted by Gasteiger charge is 2.18. The maximum absolute atomic E-state index is 12.5. The van der Waals surface area contributed by atoms with Crippen molar-refractivity contribution in [1.29, 1.82) is 0 Å². The molecule has 0 rings (SSSR count). The second kappa shape index (κ2) is 69.6. The predicted octanol–water partition coefficient (Wildman–Crippen LogP) is 23.5. The van der Waals surface area contributed by atoms with Gasteiger partial charge in [-0.05, 0) is 77.0 Å². The molecule has 0 spiro atoms. The van der Waals surface area contributed by atoms with Gasteiger partial charge >= 0.3 is 5.97 Å². The Morgan fingerprint density at radius 1 is 0.338 bits per heavy atom. The van der Waals surface area contributed by atoms with Gasteiger partial charge in [0.15, 0.2) is 0 Å². The number of nitrogens with one attached hydrogen (secondary N) is 1. The first-order valence-electron chi connectivity index (χ1n) is 36.3. The van der Waals surface area contributed by atoms with Gasteiger partial charge < -0.3 is 20.3 Å². The van der Waals surface area contributed by atoms with Crippen molar-refractivity contribution in [2.75, 3.05) is 13.2 Å². The van der Waals surface area contributed by atoms with Crippen LogP contribution in [0, 0.1) is 0 Å². The van der Waals surface area contributed by atoms with E-state index in [0.29, 0.717) is 19.4 Å². The van der Waals surface area contributed by atoms with E-state index >= 15 is 0 Å². The van der Waals surface area contributed by atoms with Gasteiger partial charge in [-0.1, -0.05) is 346 Å². The fourth-order valence-electron chi connectivity index (χ4n) is 11.3. The van der Waals surface area contributed by atoms with Crippen molar-refractivity contribution < 1.29 is 24.5 Å². The molecule has 0 aliphatic carbocycles. The third-order valence-corrected chi connectivity index (χ3v) is 16.9. The van der Waals surface area contributed by atoms with E-state index in [0.717, 1.165) is 44.9 Å². The summed E-state index contributed by atoms with van der Waals surface area (Å²) in [5.41, 5.74) is 0. The standard InChI is InChI=1S/C74H141NO5/c1-3-5-7-9-11-13-15-16-17-18-19-20-31-34-37-40-43-47-50-54-58-62-66-72(77)71(70-76)75-73(78)67-63-59-55-51-48-44-41-38-35-32-29-27-25-23-21-22-24-26-28-30-33-36-39-42-45-49-53-57-61-65-69-80-74(79)68-64-60-56-52-46-14-12-10-8-6-4-2/h10,12,22,24,62,66,71-72,76-77H,3-9,11,13-21,23,25-61,63-65,67-70H2,1-2H3,(H,75,78)/b12-10-,24-22-,66-62+. The number of rotatable bonds is 68. The molecule has 472 valence electrons. The summed E-state index contributed by atoms with van der Waals surface area (Å²) in [5, 5.41) is 23.3. The number of aliphatic hydroxyl groups excluding tert-OH is 2. The third kappa shape index (κ3) is 65.2. The highest BCUT2D eigenvalue weighted by atomic mass is 16.5. The van der Waals surface area contributed by atoms with Crippen LogP contribution in [-0.2, 0) is 14.3 Å². The average molecular weight is 1120 g/mol. The quantitative estimate of drug-likeness (QED) is 0.0320. The maximum atomic E-state index is 12.5. The first-order valence-corrected chi connectivity index (χ1v) is 36.3. The first kappa shape index (κ1) is 78.1. The molecule has 0 heterocycles. The van der Waals surface area contributed by atoms with Crippen LogP contribution in [-0.4, -0.2) is 47.4 Å². The van der Waals surface area contributed by atoms with Crippen LogP contribution in [0.25, 0.3) is 0 Å². The minimum Gasteiger partial charge on any atom is -0.466 e. The Morgan fingerprint density at radius 3 is 0.925 bits per heavy atom. The highest BCUT2D eigenvalue weighted by Crippen LogP contribution is 2.19. The van der Waals surface area contributed by atoms with Crippen molar-refractivity contribution in [2.45, 2.75) is 411 Å². The molecule has 2 atom stereocenters. The van der Waals surface area contributed by atoms with Crippen LogP contribution in [0.2, 0.25) is 0 Å². The summed E-state index contributed by atoms with van der Waals surface area (Å²) >= 11 is 0. The fourth-order valence-corrected chi connectivity index (χ4v) is 11.3. The molecule has 80 heavy (non-hydrogen) atoms. The van der Waals surface area contributed by atoms with Gasteiger partial charge in [-0.25, -0.2) is 0 Å². The van der Waals surface area contributed by atoms with Gasteiger partial charge in [0.05, 0.1) is 25.4 Å². The van der Waals surface area contributed by atoms with Crippen LogP contribution in [0.4, 0.5) is 0 Å². The summed E-state index contributed by atoms with van der Waals surface area (Å²) in [7, 11) is 0. The molecule has 0 bridgehead atoms. The number of carbonyl (C=O) groups is 2. The second-order valence-corrected chi connectivity index (χ2v) is 24.9. The summed E-state index contributed by atoms with van der Waals surface area (Å²) in [6.45, 7) is 4.90. The molecule has 6 heteroatoms. The first-order chi connectivity index (χ1) is 39.5. The molecule has 0 aliphatic rings. The van der Waals surface area contributed by atoms with Crippen molar-refractivity contribution in [3.63, 3.8) is 0 Å². The third-order valence-electron chi connectivity index (χ3n) is 16.9. The molecule has 0 fully saturated rings. The number of carbonyl (C=O) groups excluding carboxylic acids is 2. The second-order valence-electron chi connectivity index (χ2n) is 24.9. The van der Waals surface area contributed by atoms with Crippen LogP contribution in [0.15, 0.2) is 36.5 Å². The van der Waals surface area contributed by atoms with E-state index in [1.54, 1.807) is 6.08 Å². The van der Waals surface area contributed by atoms with E-state index in [-0.39, 0.29) is 18.5 Å². The lowest BCUT2D eigenvalue weighted by Gasteiger charge is -2.20. The van der Waals surface area contributed by atoms with E-state index in [9.17, 15) is 19.8 Å². The van der Waals surface area contributed by atoms with E-state index in [1.165, 1.54) is 327 Å². The van der Waals surface area contributed by atoms with Crippen LogP contribution >= 0.6 is 0 Å². The van der Waals surface area contributed by atoms with Crippen molar-refractivity contribution in [3.05, 3.63) is 36.5 Å². The minimum absolute atomic E-state index is 0.00602. The van der Waals surface area contributed by atoms with Gasteiger partial charge in [0.25, 0.3) is 0 Å². The fraction of sp³-hybridized carbons (Fsp3) is 0.892. The Balaban J connectivity index is 3.40. The number of ether oxygens (including phenoxy) is 1. The largest absolute Gasteiger partial charge is 0.466 e. The summed E-state index contributed by atoms with van der Waals surface area (Å²) < 4.78 is 5.47. The molecule has 2 unspecified atom stereocenters. The number of amides is 1. The zero-order valence-corrected chi connectivity index (χ0v) is 54.1. The van der Waals surface area contributed by atoms with Crippen LogP contribution in [0.3, 0.4) is 0 Å². The lowest BCUT2D eigenvalue weighted by atomic mass is 10.0. The van der Waals surface area contributed by atoms with E-state index in [1.807, 2.05) is 6.08 Å². The smallest absolute Gasteiger partial charge is 0.305 e. The van der Waals surface area contributed by atoms with Crippen LogP contribution in [0.1, 0.15) is 399 Å². The van der Waals surface area contributed by atoms with Crippen molar-refractivity contribution in [1.82, 2.24) is 5.32 Å². The molecule has 0 radical (unpaired) electrons. The molecule has 3 N–H and O–H groups in total. The minimum atomic E-state index is -0.845. The Hall–Kier alpha value is -1.92. The van der Waals surface area contributed by atoms with Gasteiger partial charge in [-0.15, -0.1) is 0 Å². The van der Waals surface area contributed by atoms with Gasteiger partial charge in [-0.2, -0.15) is 0 Å². The van der Waals surface area contributed by atoms with Crippen LogP contribution in [0.5, 0.6) is 0 Å². The summed E-state index contributed by atoms with van der Waals surface area (Å²) in [6.07, 6.45) is 89.5. The number of aliphatic hydroxyl groups is 2. The lowest BCUT2D eigenvalue weighted by molar-refractivity contribution is -0.143. The monoisotopic (exact) mass is 1120 g/mol. The highest BCUT2D eigenvalue weighted by molar-refractivity contribution is 5.76. The normalized spacial score (nSPS) is 12.7. The molecular weight excluding hydrogens is 983 g/mol. The van der Waals surface area contributed by atoms with Crippen molar-refractivity contribution in [3.8, 4) is 0 Å². The van der Waals surface area contributed by atoms with Gasteiger partial charge in [0.1, 0.15) is 0 Å². The molecule has 0 aromatic rings. The molecule has 6 nitrogen and oxygen atoms in total. The number of esters is 1. The van der Waals surface area contributed by atoms with E-state index in [4.69, 9.17) is 4.74 Å². The molecule has 0 aromatic carbocycles. The molecule has 0 aromatic heterocycles. The SMILES string of the molecule is CCCC/C=C\CCCCCCCC(=O)OCCCCCCCCCCCCCC/C=C\CCCCCCCCCCCCCCCCC(=O)NC(CO)C(O)/C=C/CCCCCCCCCCCCCCCCCCCCCC. The molecule has 0 saturated carbocycles. The number of hydrogen-bond acceptors (Lipinski definition) is 5. The van der Waals surface area contributed by atoms with E-state index in [2.05, 4.69) is 43.5 Å². The van der Waals surface area contributed by atoms with E-state index < -0.39 is 12.1 Å². The Bertz CT molecular complexity index is 1300. The van der Waals surface area contributed by atoms with Crippen LogP contribution < -0.4 is 5.32 Å². The average Bonchev–Trinajstić information content (AvgIpc) is 3.46. The Labute approximate surface area is 500 Å². The number of unbranched alkanes of at least 4 members (excludes halogenated alkanes) is 53. The summed E-state index contributed by atoms with van der Waals surface area (Å²) in [6, 6.07) is -0.628. The Kier molecular flexibility index (Phi) is 67.9. The van der Waals surface area contributed by atoms with Gasteiger partial charge in [-0.3, -0.25) is 9.59 Å². The topological polar surface area (TPSA) is 95.9 Å². The zero-order valence-electron chi connectivity index (χ0n) is 54.1. The number of allylic oxidation sites excluding steroid dienone is 5. The van der Waals surface area contributed by atoms with Gasteiger partial charge in [0.2, 0.25) is 5.91 Å². The van der Waals surface area contributed by atoms with Gasteiger partial charge in [0, 0.05) is 12.8 Å². The zero-order chi connectivity index (χ0) is 57.8. The van der Waals surface area contributed by atoms with Crippen molar-refractivity contribution >= 4 is 11.9 Å². The molecule has 0 aliphatic heterocycles. The predicted molar refractivity (Wildman–Crippen MR) is 352 cm³/mol. The van der Waals surface area contributed by atoms with Crippen molar-refractivity contribution in [2.24, 2.45) is 0 Å². The molecule has 1 amide bonds. The summed E-state index contributed by atoms with van der Waals surface area (Å²) in [5.74, 6) is -0.0565. The number of hydrogen-bond donors (Lipinski definition) is 3. The Morgan fingerprint density at radius 2 is 0.600 bits per heavy atom. The molecule has 0 saturated heterocycles. The lowest BCUT2D eigenvalue weighted by Crippen LogP contribution is -2.45. The molecular formula is C74H141NO5. The maximum Gasteiger partial charge on any atom is 0.305 e.